The van der Waals surface area contributed by atoms with E-state index in [1.807, 2.05) is 0 Å². The van der Waals surface area contributed by atoms with Gasteiger partial charge in [0, 0.05) is 12.6 Å². The molecule has 1 fully saturated rings. The third-order valence-electron chi connectivity index (χ3n) is 4.27. The number of nitrogens with zero attached hydrogens (tertiary/aromatic N) is 2. The Bertz CT molecular complexity index is 811. The lowest BCUT2D eigenvalue weighted by Crippen LogP contribution is -2.42. The third-order valence-corrected chi connectivity index (χ3v) is 5.17. The highest BCUT2D eigenvalue weighted by molar-refractivity contribution is 7.17. The van der Waals surface area contributed by atoms with Crippen LogP contribution in [0.15, 0.2) is 21.0 Å². The summed E-state index contributed by atoms with van der Waals surface area (Å²) >= 11 is 1.31. The zero-order valence-corrected chi connectivity index (χ0v) is 13.0. The molecule has 0 radical (unpaired) electrons. The fraction of sp³-hybridized carbons (Fsp3) is 0.533. The lowest BCUT2D eigenvalue weighted by Gasteiger charge is -2.24. The fourth-order valence-corrected chi connectivity index (χ4v) is 4.02. The van der Waals surface area contributed by atoms with Crippen molar-refractivity contribution in [2.75, 3.05) is 0 Å². The number of hydrogen-bond donors (Lipinski definition) is 1. The molecule has 118 valence electrons. The van der Waals surface area contributed by atoms with Crippen LogP contribution in [0.3, 0.4) is 0 Å². The Morgan fingerprint density at radius 2 is 2.00 bits per heavy atom. The average molecular weight is 322 g/mol. The van der Waals surface area contributed by atoms with E-state index in [-0.39, 0.29) is 30.3 Å². The summed E-state index contributed by atoms with van der Waals surface area (Å²) < 4.78 is 3.34. The van der Waals surface area contributed by atoms with E-state index in [1.54, 1.807) is 11.4 Å². The van der Waals surface area contributed by atoms with Crippen molar-refractivity contribution in [3.63, 3.8) is 0 Å². The van der Waals surface area contributed by atoms with Crippen LogP contribution in [0.4, 0.5) is 0 Å². The van der Waals surface area contributed by atoms with Crippen molar-refractivity contribution in [2.24, 2.45) is 0 Å². The molecule has 0 aliphatic heterocycles. The molecule has 1 saturated carbocycles. The maximum Gasteiger partial charge on any atom is 0.331 e. The Morgan fingerprint density at radius 1 is 1.27 bits per heavy atom. The van der Waals surface area contributed by atoms with Gasteiger partial charge in [-0.05, 0) is 24.3 Å². The number of aromatic nitrogens is 2. The summed E-state index contributed by atoms with van der Waals surface area (Å²) in [6.07, 6.45) is 4.73. The molecule has 1 N–H and O–H groups in total. The van der Waals surface area contributed by atoms with Gasteiger partial charge < -0.3 is 5.11 Å². The zero-order valence-electron chi connectivity index (χ0n) is 12.2. The summed E-state index contributed by atoms with van der Waals surface area (Å²) in [5, 5.41) is 10.7. The molecule has 1 aliphatic carbocycles. The van der Waals surface area contributed by atoms with Crippen molar-refractivity contribution in [1.82, 2.24) is 9.13 Å². The van der Waals surface area contributed by atoms with Crippen LogP contribution in [-0.4, -0.2) is 20.2 Å². The first kappa shape index (κ1) is 15.0. The smallest absolute Gasteiger partial charge is 0.331 e. The number of carboxylic acids is 1. The Labute approximate surface area is 130 Å². The molecule has 0 atom stereocenters. The first-order chi connectivity index (χ1) is 10.6. The van der Waals surface area contributed by atoms with Gasteiger partial charge in [0.15, 0.2) is 0 Å². The molecule has 22 heavy (non-hydrogen) atoms. The van der Waals surface area contributed by atoms with Gasteiger partial charge in [-0.25, -0.2) is 4.79 Å². The largest absolute Gasteiger partial charge is 0.481 e. The van der Waals surface area contributed by atoms with Gasteiger partial charge in [0.2, 0.25) is 0 Å². The van der Waals surface area contributed by atoms with E-state index in [1.165, 1.54) is 20.5 Å². The van der Waals surface area contributed by atoms with Crippen molar-refractivity contribution in [1.29, 1.82) is 0 Å². The van der Waals surface area contributed by atoms with E-state index < -0.39 is 5.97 Å². The molecule has 0 spiro atoms. The highest BCUT2D eigenvalue weighted by atomic mass is 32.1. The van der Waals surface area contributed by atoms with Crippen LogP contribution in [0.25, 0.3) is 10.2 Å². The molecular formula is C15H18N2O4S. The van der Waals surface area contributed by atoms with Crippen LogP contribution in [0.1, 0.15) is 44.6 Å². The first-order valence-corrected chi connectivity index (χ1v) is 8.42. The summed E-state index contributed by atoms with van der Waals surface area (Å²) in [6, 6.07) is 1.66. The Balaban J connectivity index is 2.16. The van der Waals surface area contributed by atoms with E-state index in [0.717, 1.165) is 32.1 Å². The van der Waals surface area contributed by atoms with Crippen molar-refractivity contribution in [3.8, 4) is 0 Å². The van der Waals surface area contributed by atoms with Gasteiger partial charge >= 0.3 is 11.7 Å². The van der Waals surface area contributed by atoms with Crippen LogP contribution in [0.2, 0.25) is 0 Å². The molecular weight excluding hydrogens is 304 g/mol. The molecule has 0 bridgehead atoms. The van der Waals surface area contributed by atoms with Crippen molar-refractivity contribution in [2.45, 2.75) is 51.1 Å². The van der Waals surface area contributed by atoms with Crippen LogP contribution in [-0.2, 0) is 11.3 Å². The van der Waals surface area contributed by atoms with Gasteiger partial charge in [0.05, 0.1) is 11.9 Å². The van der Waals surface area contributed by atoms with Gasteiger partial charge in [-0.1, -0.05) is 19.3 Å². The minimum Gasteiger partial charge on any atom is -0.481 e. The number of aryl methyl sites for hydroxylation is 1. The van der Waals surface area contributed by atoms with Crippen molar-refractivity contribution in [3.05, 3.63) is 32.3 Å². The Hall–Kier alpha value is -1.89. The number of carbonyl (C=O) groups is 1. The molecule has 2 aromatic heterocycles. The summed E-state index contributed by atoms with van der Waals surface area (Å²) in [4.78, 5) is 36.2. The number of rotatable bonds is 4. The third kappa shape index (κ3) is 2.61. The standard InChI is InChI=1S/C15H18N2O4S/c18-12(19)6-8-16-11-7-9-22-13(11)14(20)17(15(16)21)10-4-2-1-3-5-10/h7,9-10H,1-6,8H2,(H,18,19). The highest BCUT2D eigenvalue weighted by Gasteiger charge is 2.22. The summed E-state index contributed by atoms with van der Waals surface area (Å²) in [6.45, 7) is 0.0917. The number of fused-ring (bicyclic) bond motifs is 1. The summed E-state index contributed by atoms with van der Waals surface area (Å²) in [7, 11) is 0. The van der Waals surface area contributed by atoms with Gasteiger partial charge in [-0.15, -0.1) is 11.3 Å². The Morgan fingerprint density at radius 3 is 2.68 bits per heavy atom. The lowest BCUT2D eigenvalue weighted by atomic mass is 9.95. The van der Waals surface area contributed by atoms with E-state index in [0.29, 0.717) is 10.2 Å². The minimum atomic E-state index is -0.953. The molecule has 3 rings (SSSR count). The van der Waals surface area contributed by atoms with E-state index >= 15 is 0 Å². The zero-order chi connectivity index (χ0) is 15.7. The van der Waals surface area contributed by atoms with Crippen LogP contribution >= 0.6 is 11.3 Å². The quantitative estimate of drug-likeness (QED) is 0.935. The van der Waals surface area contributed by atoms with E-state index in [4.69, 9.17) is 5.11 Å². The highest BCUT2D eigenvalue weighted by Crippen LogP contribution is 2.27. The number of thiophene rings is 1. The first-order valence-electron chi connectivity index (χ1n) is 7.54. The average Bonchev–Trinajstić information content (AvgIpc) is 2.97. The molecule has 0 aromatic carbocycles. The van der Waals surface area contributed by atoms with Crippen LogP contribution in [0.5, 0.6) is 0 Å². The molecule has 0 unspecified atom stereocenters. The number of hydrogen-bond acceptors (Lipinski definition) is 4. The van der Waals surface area contributed by atoms with Gasteiger partial charge in [0.25, 0.3) is 5.56 Å². The predicted molar refractivity (Wildman–Crippen MR) is 84.7 cm³/mol. The van der Waals surface area contributed by atoms with Crippen molar-refractivity contribution < 1.29 is 9.90 Å². The second kappa shape index (κ2) is 6.08. The minimum absolute atomic E-state index is 0.0590. The van der Waals surface area contributed by atoms with Gasteiger partial charge in [0.1, 0.15) is 4.70 Å². The number of aliphatic carboxylic acids is 1. The molecule has 2 aromatic rings. The maximum absolute atomic E-state index is 12.8. The maximum atomic E-state index is 12.8. The Kier molecular flexibility index (Phi) is 4.15. The second-order valence-electron chi connectivity index (χ2n) is 5.68. The van der Waals surface area contributed by atoms with E-state index in [2.05, 4.69) is 0 Å². The predicted octanol–water partition coefficient (Wildman–Crippen LogP) is 2.20. The molecule has 0 amide bonds. The monoisotopic (exact) mass is 322 g/mol. The molecule has 1 aliphatic rings. The fourth-order valence-electron chi connectivity index (χ4n) is 3.19. The number of carboxylic acid groups (broad SMARTS) is 1. The second-order valence-corrected chi connectivity index (χ2v) is 6.60. The van der Waals surface area contributed by atoms with Crippen LogP contribution in [0, 0.1) is 0 Å². The van der Waals surface area contributed by atoms with Crippen LogP contribution < -0.4 is 11.2 Å². The summed E-state index contributed by atoms with van der Waals surface area (Å²) in [5.41, 5.74) is -0.0502. The lowest BCUT2D eigenvalue weighted by molar-refractivity contribution is -0.137. The van der Waals surface area contributed by atoms with Gasteiger partial charge in [-0.2, -0.15) is 0 Å². The van der Waals surface area contributed by atoms with E-state index in [9.17, 15) is 14.4 Å². The molecule has 0 saturated heterocycles. The summed E-state index contributed by atoms with van der Waals surface area (Å²) in [5.74, 6) is -0.953. The SMILES string of the molecule is O=C(O)CCn1c(=O)n(C2CCCCC2)c(=O)c2sccc21. The topological polar surface area (TPSA) is 81.3 Å². The molecule has 6 nitrogen and oxygen atoms in total. The van der Waals surface area contributed by atoms with Crippen molar-refractivity contribution >= 4 is 27.5 Å². The molecule has 2 heterocycles. The molecule has 7 heteroatoms. The normalized spacial score (nSPS) is 16.2. The van der Waals surface area contributed by atoms with Gasteiger partial charge in [-0.3, -0.25) is 18.7 Å².